The summed E-state index contributed by atoms with van der Waals surface area (Å²) in [7, 11) is 0. The van der Waals surface area contributed by atoms with Crippen LogP contribution in [0.3, 0.4) is 0 Å². The van der Waals surface area contributed by atoms with E-state index in [4.69, 9.17) is 10.5 Å². The van der Waals surface area contributed by atoms with Crippen molar-refractivity contribution in [3.05, 3.63) is 23.8 Å². The molecule has 2 aliphatic heterocycles. The summed E-state index contributed by atoms with van der Waals surface area (Å²) in [6.07, 6.45) is 0.984. The van der Waals surface area contributed by atoms with E-state index in [9.17, 15) is 4.79 Å². The first-order valence-electron chi connectivity index (χ1n) is 6.28. The highest BCUT2D eigenvalue weighted by Gasteiger charge is 2.33. The van der Waals surface area contributed by atoms with Crippen molar-refractivity contribution in [2.45, 2.75) is 19.0 Å². The third-order valence-electron chi connectivity index (χ3n) is 3.54. The predicted molar refractivity (Wildman–Crippen MR) is 68.6 cm³/mol. The Morgan fingerprint density at radius 2 is 2.39 bits per heavy atom. The van der Waals surface area contributed by atoms with Gasteiger partial charge in [0.2, 0.25) is 0 Å². The van der Waals surface area contributed by atoms with Crippen LogP contribution in [0, 0.1) is 0 Å². The lowest BCUT2D eigenvalue weighted by Crippen LogP contribution is -2.46. The van der Waals surface area contributed by atoms with Gasteiger partial charge >= 0.3 is 0 Å². The molecule has 2 heterocycles. The number of carbonyl (C=O) groups is 1. The topological polar surface area (TPSA) is 67.6 Å². The van der Waals surface area contributed by atoms with Gasteiger partial charge in [-0.1, -0.05) is 6.07 Å². The molecule has 1 atom stereocenters. The second-order valence-electron chi connectivity index (χ2n) is 4.71. The molecule has 5 heteroatoms. The van der Waals surface area contributed by atoms with Gasteiger partial charge in [0.1, 0.15) is 5.75 Å². The SMILES string of the molecule is NCc1ccc2c(c1)N(C1CCNC1)C(=O)CO2. The zero-order valence-corrected chi connectivity index (χ0v) is 10.2. The van der Waals surface area contributed by atoms with Crippen LogP contribution >= 0.6 is 0 Å². The molecule has 1 aromatic carbocycles. The summed E-state index contributed by atoms with van der Waals surface area (Å²) < 4.78 is 5.47. The van der Waals surface area contributed by atoms with E-state index in [1.165, 1.54) is 0 Å². The van der Waals surface area contributed by atoms with E-state index in [1.807, 2.05) is 23.1 Å². The van der Waals surface area contributed by atoms with E-state index in [0.717, 1.165) is 36.5 Å². The molecular formula is C13H17N3O2. The lowest BCUT2D eigenvalue weighted by atomic mass is 10.1. The molecule has 0 saturated carbocycles. The average molecular weight is 247 g/mol. The number of fused-ring (bicyclic) bond motifs is 1. The van der Waals surface area contributed by atoms with Gasteiger partial charge < -0.3 is 20.7 Å². The summed E-state index contributed by atoms with van der Waals surface area (Å²) in [4.78, 5) is 14.0. The van der Waals surface area contributed by atoms with Gasteiger partial charge in [0.25, 0.3) is 5.91 Å². The predicted octanol–water partition coefficient (Wildman–Crippen LogP) is 0.233. The molecule has 0 aromatic heterocycles. The van der Waals surface area contributed by atoms with Crippen LogP contribution in [0.1, 0.15) is 12.0 Å². The van der Waals surface area contributed by atoms with Crippen LogP contribution in [0.5, 0.6) is 5.75 Å². The lowest BCUT2D eigenvalue weighted by molar-refractivity contribution is -0.121. The summed E-state index contributed by atoms with van der Waals surface area (Å²) >= 11 is 0. The normalized spacial score (nSPS) is 22.8. The van der Waals surface area contributed by atoms with E-state index in [0.29, 0.717) is 6.54 Å². The molecule has 2 aliphatic rings. The first-order chi connectivity index (χ1) is 8.79. The maximum absolute atomic E-state index is 12.1. The van der Waals surface area contributed by atoms with Crippen LogP contribution in [-0.2, 0) is 11.3 Å². The van der Waals surface area contributed by atoms with Gasteiger partial charge in [0, 0.05) is 13.1 Å². The maximum atomic E-state index is 12.1. The van der Waals surface area contributed by atoms with Crippen LogP contribution in [0.4, 0.5) is 5.69 Å². The Morgan fingerprint density at radius 3 is 3.11 bits per heavy atom. The van der Waals surface area contributed by atoms with Crippen molar-refractivity contribution >= 4 is 11.6 Å². The highest BCUT2D eigenvalue weighted by atomic mass is 16.5. The smallest absolute Gasteiger partial charge is 0.265 e. The second kappa shape index (κ2) is 4.59. The van der Waals surface area contributed by atoms with Gasteiger partial charge in [0.05, 0.1) is 11.7 Å². The van der Waals surface area contributed by atoms with Crippen molar-refractivity contribution in [2.75, 3.05) is 24.6 Å². The van der Waals surface area contributed by atoms with Crippen LogP contribution in [0.15, 0.2) is 18.2 Å². The van der Waals surface area contributed by atoms with Crippen molar-refractivity contribution in [1.29, 1.82) is 0 Å². The van der Waals surface area contributed by atoms with Crippen molar-refractivity contribution in [2.24, 2.45) is 5.73 Å². The minimum absolute atomic E-state index is 0.0328. The van der Waals surface area contributed by atoms with E-state index < -0.39 is 0 Å². The van der Waals surface area contributed by atoms with Crippen molar-refractivity contribution in [3.8, 4) is 5.75 Å². The van der Waals surface area contributed by atoms with Crippen LogP contribution in [0.2, 0.25) is 0 Å². The third kappa shape index (κ3) is 1.85. The Hall–Kier alpha value is -1.59. The largest absolute Gasteiger partial charge is 0.482 e. The zero-order chi connectivity index (χ0) is 12.5. The summed E-state index contributed by atoms with van der Waals surface area (Å²) in [6, 6.07) is 6.04. The van der Waals surface area contributed by atoms with E-state index in [-0.39, 0.29) is 18.6 Å². The first-order valence-corrected chi connectivity index (χ1v) is 6.28. The molecule has 1 saturated heterocycles. The Kier molecular flexibility index (Phi) is 2.93. The lowest BCUT2D eigenvalue weighted by Gasteiger charge is -2.34. The Morgan fingerprint density at radius 1 is 1.50 bits per heavy atom. The number of rotatable bonds is 2. The van der Waals surface area contributed by atoms with Gasteiger partial charge in [-0.3, -0.25) is 4.79 Å². The fourth-order valence-electron chi connectivity index (χ4n) is 2.60. The Bertz CT molecular complexity index is 469. The molecule has 0 radical (unpaired) electrons. The van der Waals surface area contributed by atoms with Gasteiger partial charge in [-0.15, -0.1) is 0 Å². The number of nitrogens with zero attached hydrogens (tertiary/aromatic N) is 1. The third-order valence-corrected chi connectivity index (χ3v) is 3.54. The van der Waals surface area contributed by atoms with Crippen LogP contribution in [-0.4, -0.2) is 31.6 Å². The quantitative estimate of drug-likeness (QED) is 0.785. The van der Waals surface area contributed by atoms with Gasteiger partial charge in [0.15, 0.2) is 6.61 Å². The number of hydrogen-bond acceptors (Lipinski definition) is 4. The molecule has 0 aliphatic carbocycles. The average Bonchev–Trinajstić information content (AvgIpc) is 2.91. The summed E-state index contributed by atoms with van der Waals surface area (Å²) in [5.74, 6) is 0.809. The fraction of sp³-hybridized carbons (Fsp3) is 0.462. The molecule has 96 valence electrons. The van der Waals surface area contributed by atoms with Gasteiger partial charge in [-0.2, -0.15) is 0 Å². The number of nitrogens with one attached hydrogen (secondary N) is 1. The summed E-state index contributed by atoms with van der Waals surface area (Å²) in [6.45, 7) is 2.41. The zero-order valence-electron chi connectivity index (χ0n) is 10.2. The monoisotopic (exact) mass is 247 g/mol. The highest BCUT2D eigenvalue weighted by molar-refractivity contribution is 5.98. The van der Waals surface area contributed by atoms with Crippen molar-refractivity contribution in [1.82, 2.24) is 5.32 Å². The Labute approximate surface area is 106 Å². The molecule has 1 unspecified atom stereocenters. The molecule has 5 nitrogen and oxygen atoms in total. The number of ether oxygens (including phenoxy) is 1. The summed E-state index contributed by atoms with van der Waals surface area (Å²) in [5.41, 5.74) is 7.54. The number of anilines is 1. The summed E-state index contributed by atoms with van der Waals surface area (Å²) in [5, 5.41) is 3.29. The first kappa shape index (κ1) is 11.5. The minimum Gasteiger partial charge on any atom is -0.482 e. The number of hydrogen-bond donors (Lipinski definition) is 2. The molecule has 18 heavy (non-hydrogen) atoms. The molecule has 3 rings (SSSR count). The van der Waals surface area contributed by atoms with Crippen LogP contribution in [0.25, 0.3) is 0 Å². The molecular weight excluding hydrogens is 230 g/mol. The molecule has 0 spiro atoms. The van der Waals surface area contributed by atoms with E-state index in [2.05, 4.69) is 5.32 Å². The van der Waals surface area contributed by atoms with Crippen molar-refractivity contribution in [3.63, 3.8) is 0 Å². The maximum Gasteiger partial charge on any atom is 0.265 e. The molecule has 1 fully saturated rings. The van der Waals surface area contributed by atoms with Gasteiger partial charge in [-0.05, 0) is 30.7 Å². The molecule has 1 amide bonds. The van der Waals surface area contributed by atoms with Crippen LogP contribution < -0.4 is 20.7 Å². The van der Waals surface area contributed by atoms with E-state index >= 15 is 0 Å². The van der Waals surface area contributed by atoms with E-state index in [1.54, 1.807) is 0 Å². The minimum atomic E-state index is 0.0328. The standard InChI is InChI=1S/C13H17N3O2/c14-6-9-1-2-12-11(5-9)16(13(17)8-18-12)10-3-4-15-7-10/h1-2,5,10,15H,3-4,6-8,14H2. The number of nitrogens with two attached hydrogens (primary N) is 1. The number of benzene rings is 1. The number of amides is 1. The molecule has 0 bridgehead atoms. The molecule has 1 aromatic rings. The number of carbonyl (C=O) groups excluding carboxylic acids is 1. The van der Waals surface area contributed by atoms with Crippen molar-refractivity contribution < 1.29 is 9.53 Å². The van der Waals surface area contributed by atoms with Gasteiger partial charge in [-0.25, -0.2) is 0 Å². The molecule has 3 N–H and O–H groups in total. The fourth-order valence-corrected chi connectivity index (χ4v) is 2.60. The second-order valence-corrected chi connectivity index (χ2v) is 4.71. The Balaban J connectivity index is 2.00. The highest BCUT2D eigenvalue weighted by Crippen LogP contribution is 2.35.